The average molecular weight is 304 g/mol. The maximum absolute atomic E-state index is 12.4. The smallest absolute Gasteiger partial charge is 0.451 e. The summed E-state index contributed by atoms with van der Waals surface area (Å²) in [4.78, 5) is 23.3. The van der Waals surface area contributed by atoms with Crippen molar-refractivity contribution in [2.24, 2.45) is 0 Å². The molecule has 0 N–H and O–H groups in total. The molecule has 2 aliphatic heterocycles. The predicted octanol–water partition coefficient (Wildman–Crippen LogP) is 2.34. The van der Waals surface area contributed by atoms with Gasteiger partial charge in [-0.2, -0.15) is 13.2 Å². The summed E-state index contributed by atoms with van der Waals surface area (Å²) in [7, 11) is 0. The van der Waals surface area contributed by atoms with Gasteiger partial charge in [-0.15, -0.1) is 11.8 Å². The molecule has 106 valence electrons. The molecule has 0 fully saturated rings. The van der Waals surface area contributed by atoms with Crippen molar-refractivity contribution < 1.29 is 32.2 Å². The number of hydrogen-bond acceptors (Lipinski definition) is 5. The van der Waals surface area contributed by atoms with E-state index in [9.17, 15) is 22.8 Å². The molecule has 0 spiro atoms. The van der Waals surface area contributed by atoms with Gasteiger partial charge in [0.05, 0.1) is 0 Å². The van der Waals surface area contributed by atoms with Crippen LogP contribution in [-0.4, -0.2) is 29.8 Å². The number of halogens is 3. The fraction of sp³-hybridized carbons (Fsp3) is 0.333. The topological polar surface area (TPSA) is 52.6 Å². The molecule has 0 amide bonds. The molecule has 1 unspecified atom stereocenters. The second-order valence-electron chi connectivity index (χ2n) is 4.28. The van der Waals surface area contributed by atoms with Crippen LogP contribution in [0, 0.1) is 0 Å². The van der Waals surface area contributed by atoms with Crippen molar-refractivity contribution in [1.82, 2.24) is 0 Å². The lowest BCUT2D eigenvalue weighted by Crippen LogP contribution is -2.39. The quantitative estimate of drug-likeness (QED) is 0.745. The van der Waals surface area contributed by atoms with E-state index in [1.54, 1.807) is 6.07 Å². The van der Waals surface area contributed by atoms with Crippen LogP contribution >= 0.6 is 11.8 Å². The van der Waals surface area contributed by atoms with Crippen LogP contribution in [0.25, 0.3) is 0 Å². The van der Waals surface area contributed by atoms with Crippen LogP contribution < -0.4 is 9.47 Å². The van der Waals surface area contributed by atoms with E-state index in [-0.39, 0.29) is 18.1 Å². The van der Waals surface area contributed by atoms with E-state index in [0.717, 1.165) is 0 Å². The van der Waals surface area contributed by atoms with Crippen molar-refractivity contribution in [3.8, 4) is 11.5 Å². The number of alkyl halides is 3. The number of fused-ring (bicyclic) bond motifs is 2. The van der Waals surface area contributed by atoms with Crippen LogP contribution in [0.5, 0.6) is 11.5 Å². The minimum Gasteiger partial charge on any atom is -0.454 e. The summed E-state index contributed by atoms with van der Waals surface area (Å²) in [6.45, 7) is 0.00443. The van der Waals surface area contributed by atoms with E-state index < -0.39 is 23.0 Å². The summed E-state index contributed by atoms with van der Waals surface area (Å²) in [5, 5.41) is -1.73. The molecule has 20 heavy (non-hydrogen) atoms. The number of ether oxygens (including phenoxy) is 2. The molecular formula is C12H7F3O4S. The van der Waals surface area contributed by atoms with Crippen molar-refractivity contribution in [2.45, 2.75) is 17.2 Å². The minimum atomic E-state index is -5.01. The third kappa shape index (κ3) is 2.04. The highest BCUT2D eigenvalue weighted by Crippen LogP contribution is 2.41. The van der Waals surface area contributed by atoms with Gasteiger partial charge in [0.15, 0.2) is 17.3 Å². The van der Waals surface area contributed by atoms with Gasteiger partial charge in [-0.1, -0.05) is 0 Å². The van der Waals surface area contributed by atoms with E-state index in [2.05, 4.69) is 0 Å². The molecule has 0 saturated heterocycles. The largest absolute Gasteiger partial charge is 0.454 e. The van der Waals surface area contributed by atoms with Gasteiger partial charge in [0.25, 0.3) is 5.78 Å². The Hall–Kier alpha value is -1.70. The summed E-state index contributed by atoms with van der Waals surface area (Å²) in [5.74, 6) is -1.95. The first-order chi connectivity index (χ1) is 9.38. The van der Waals surface area contributed by atoms with E-state index in [1.165, 1.54) is 6.07 Å². The van der Waals surface area contributed by atoms with Gasteiger partial charge in [0.2, 0.25) is 6.79 Å². The van der Waals surface area contributed by atoms with Crippen LogP contribution in [0.15, 0.2) is 12.1 Å². The third-order valence-electron chi connectivity index (χ3n) is 3.03. The highest BCUT2D eigenvalue weighted by Gasteiger charge is 2.48. The zero-order valence-corrected chi connectivity index (χ0v) is 10.6. The van der Waals surface area contributed by atoms with Gasteiger partial charge in [0.1, 0.15) is 5.25 Å². The van der Waals surface area contributed by atoms with Gasteiger partial charge in [0, 0.05) is 11.3 Å². The Bertz CT molecular complexity index is 611. The molecule has 2 heterocycles. The Morgan fingerprint density at radius 1 is 1.25 bits per heavy atom. The van der Waals surface area contributed by atoms with Crippen LogP contribution in [0.3, 0.4) is 0 Å². The zero-order chi connectivity index (χ0) is 14.5. The molecule has 0 radical (unpaired) electrons. The Labute approximate surface area is 115 Å². The number of hydrogen-bond donors (Lipinski definition) is 0. The Kier molecular flexibility index (Phi) is 2.93. The molecule has 8 heteroatoms. The van der Waals surface area contributed by atoms with Crippen LogP contribution in [0.4, 0.5) is 13.2 Å². The van der Waals surface area contributed by atoms with Crippen LogP contribution in [0.1, 0.15) is 15.9 Å². The number of benzene rings is 1. The monoisotopic (exact) mass is 304 g/mol. The van der Waals surface area contributed by atoms with E-state index in [0.29, 0.717) is 28.8 Å². The van der Waals surface area contributed by atoms with Crippen molar-refractivity contribution in [3.05, 3.63) is 23.3 Å². The molecule has 1 aromatic rings. The van der Waals surface area contributed by atoms with Gasteiger partial charge in [-0.3, -0.25) is 9.59 Å². The third-order valence-corrected chi connectivity index (χ3v) is 4.26. The van der Waals surface area contributed by atoms with Crippen molar-refractivity contribution in [3.63, 3.8) is 0 Å². The van der Waals surface area contributed by atoms with Crippen LogP contribution in [-0.2, 0) is 10.5 Å². The molecule has 1 atom stereocenters. The number of rotatable bonds is 1. The molecule has 0 saturated carbocycles. The van der Waals surface area contributed by atoms with Gasteiger partial charge >= 0.3 is 6.18 Å². The first-order valence-corrected chi connectivity index (χ1v) is 6.62. The SMILES string of the molecule is O=C1c2cc3c(cc2CSC1C(=O)C(F)(F)F)OCO3. The van der Waals surface area contributed by atoms with Gasteiger partial charge in [-0.25, -0.2) is 0 Å². The van der Waals surface area contributed by atoms with Crippen molar-refractivity contribution in [1.29, 1.82) is 0 Å². The standard InChI is InChI=1S/C12H7F3O4S/c13-12(14,15)11(17)10-9(16)6-2-8-7(18-4-19-8)1-5(6)3-20-10/h1-2,10H,3-4H2. The lowest BCUT2D eigenvalue weighted by molar-refractivity contribution is -0.169. The highest BCUT2D eigenvalue weighted by atomic mass is 32.2. The fourth-order valence-corrected chi connectivity index (χ4v) is 3.21. The summed E-state index contributed by atoms with van der Waals surface area (Å²) in [5.41, 5.74) is 0.645. The predicted molar refractivity (Wildman–Crippen MR) is 63.0 cm³/mol. The zero-order valence-electron chi connectivity index (χ0n) is 9.82. The molecule has 4 nitrogen and oxygen atoms in total. The lowest BCUT2D eigenvalue weighted by Gasteiger charge is -2.22. The van der Waals surface area contributed by atoms with Gasteiger partial charge < -0.3 is 9.47 Å². The number of carbonyl (C=O) groups is 2. The minimum absolute atomic E-state index is 0.00443. The highest BCUT2D eigenvalue weighted by molar-refractivity contribution is 8.00. The molecule has 0 aliphatic carbocycles. The van der Waals surface area contributed by atoms with E-state index >= 15 is 0 Å². The Morgan fingerprint density at radius 3 is 2.55 bits per heavy atom. The first kappa shape index (κ1) is 13.3. The first-order valence-electron chi connectivity index (χ1n) is 5.57. The summed E-state index contributed by atoms with van der Waals surface area (Å²) < 4.78 is 47.6. The maximum atomic E-state index is 12.4. The summed E-state index contributed by atoms with van der Waals surface area (Å²) in [6.07, 6.45) is -5.01. The average Bonchev–Trinajstić information content (AvgIpc) is 2.82. The molecular weight excluding hydrogens is 297 g/mol. The fourth-order valence-electron chi connectivity index (χ4n) is 2.07. The molecule has 2 aliphatic rings. The summed E-state index contributed by atoms with van der Waals surface area (Å²) in [6, 6.07) is 2.91. The van der Waals surface area contributed by atoms with Crippen molar-refractivity contribution in [2.75, 3.05) is 6.79 Å². The van der Waals surface area contributed by atoms with E-state index in [1.807, 2.05) is 0 Å². The van der Waals surface area contributed by atoms with Gasteiger partial charge in [-0.05, 0) is 17.7 Å². The second-order valence-corrected chi connectivity index (χ2v) is 5.37. The second kappa shape index (κ2) is 4.41. The number of carbonyl (C=O) groups excluding carboxylic acids is 2. The molecule has 3 rings (SSSR count). The Morgan fingerprint density at radius 2 is 1.90 bits per heavy atom. The Balaban J connectivity index is 1.97. The van der Waals surface area contributed by atoms with Crippen LogP contribution in [0.2, 0.25) is 0 Å². The number of thioether (sulfide) groups is 1. The molecule has 0 aromatic heterocycles. The molecule has 0 bridgehead atoms. The number of ketones is 2. The maximum Gasteiger partial charge on any atom is 0.451 e. The number of Topliss-reactive ketones (excluding diaryl/α,β-unsaturated/α-hetero) is 2. The lowest BCUT2D eigenvalue weighted by atomic mass is 9.99. The molecule has 1 aromatic carbocycles. The van der Waals surface area contributed by atoms with E-state index in [4.69, 9.17) is 9.47 Å². The summed E-state index contributed by atoms with van der Waals surface area (Å²) >= 11 is 0.679. The normalized spacial score (nSPS) is 20.8. The van der Waals surface area contributed by atoms with Crippen molar-refractivity contribution >= 4 is 23.3 Å².